The maximum atomic E-state index is 5.12. The van der Waals surface area contributed by atoms with Gasteiger partial charge in [0.1, 0.15) is 0 Å². The van der Waals surface area contributed by atoms with E-state index in [1.54, 1.807) is 0 Å². The third kappa shape index (κ3) is 4.39. The van der Waals surface area contributed by atoms with Gasteiger partial charge >= 0.3 is 0 Å². The zero-order chi connectivity index (χ0) is 9.52. The van der Waals surface area contributed by atoms with E-state index in [9.17, 15) is 0 Å². The van der Waals surface area contributed by atoms with E-state index in [1.807, 2.05) is 0 Å². The molecule has 1 fully saturated rings. The summed E-state index contributed by atoms with van der Waals surface area (Å²) in [5.74, 6) is 2.93. The summed E-state index contributed by atoms with van der Waals surface area (Å²) in [5, 5.41) is 0. The van der Waals surface area contributed by atoms with Gasteiger partial charge in [-0.05, 0) is 24.7 Å². The Balaban J connectivity index is 2.03. The molecule has 1 saturated carbocycles. The summed E-state index contributed by atoms with van der Waals surface area (Å²) in [6.07, 6.45) is 11.5. The normalized spacial score (nSPS) is 29.1. The minimum absolute atomic E-state index is 0.887. The molecule has 0 N–H and O–H groups in total. The summed E-state index contributed by atoms with van der Waals surface area (Å²) in [7, 11) is 0. The second-order valence-corrected chi connectivity index (χ2v) is 4.88. The third-order valence-corrected chi connectivity index (χ3v) is 3.89. The molecule has 13 heavy (non-hydrogen) atoms. The van der Waals surface area contributed by atoms with Crippen LogP contribution in [0.4, 0.5) is 0 Å². The largest absolute Gasteiger partial charge is 0.0939 e. The van der Waals surface area contributed by atoms with Gasteiger partial charge in [0.05, 0.1) is 0 Å². The Morgan fingerprint density at radius 1 is 1.00 bits per heavy atom. The van der Waals surface area contributed by atoms with E-state index in [-0.39, 0.29) is 0 Å². The molecule has 0 unspecified atom stereocenters. The molecule has 1 heteroatoms. The molecule has 0 aromatic carbocycles. The van der Waals surface area contributed by atoms with E-state index < -0.39 is 0 Å². The maximum absolute atomic E-state index is 5.12. The molecular formula is C12H23S. The predicted molar refractivity (Wildman–Crippen MR) is 62.0 cm³/mol. The van der Waals surface area contributed by atoms with Gasteiger partial charge in [-0.1, -0.05) is 58.1 Å². The van der Waals surface area contributed by atoms with Gasteiger partial charge in [0.2, 0.25) is 0 Å². The average Bonchev–Trinajstić information content (AvgIpc) is 2.19. The SMILES string of the molecule is CCCCC[C@H]1CC[C@H](C[S])CC1. The molecule has 0 saturated heterocycles. The molecule has 0 amide bonds. The first-order valence-corrected chi connectivity index (χ1v) is 6.52. The Hall–Kier alpha value is 0.350. The van der Waals surface area contributed by atoms with Gasteiger partial charge in [-0.3, -0.25) is 0 Å². The third-order valence-electron chi connectivity index (χ3n) is 3.42. The molecule has 77 valence electrons. The fraction of sp³-hybridized carbons (Fsp3) is 1.00. The van der Waals surface area contributed by atoms with Crippen LogP contribution in [0.5, 0.6) is 0 Å². The molecule has 0 nitrogen and oxygen atoms in total. The molecule has 0 bridgehead atoms. The first kappa shape index (κ1) is 11.4. The van der Waals surface area contributed by atoms with Crippen LogP contribution >= 0.6 is 12.6 Å². The van der Waals surface area contributed by atoms with Crippen LogP contribution < -0.4 is 0 Å². The van der Waals surface area contributed by atoms with Crippen LogP contribution in [-0.4, -0.2) is 5.75 Å². The fourth-order valence-corrected chi connectivity index (χ4v) is 2.70. The lowest BCUT2D eigenvalue weighted by Crippen LogP contribution is -2.15. The standard InChI is InChI=1S/C12H23S/c1-2-3-4-5-11-6-8-12(10-13)9-7-11/h11-12H,2-10H2,1H3/t11-,12-. The Kier molecular flexibility index (Phi) is 5.93. The van der Waals surface area contributed by atoms with E-state index in [0.717, 1.165) is 17.6 Å². The van der Waals surface area contributed by atoms with Crippen LogP contribution in [0.3, 0.4) is 0 Å². The average molecular weight is 199 g/mol. The molecule has 1 aliphatic carbocycles. The summed E-state index contributed by atoms with van der Waals surface area (Å²) < 4.78 is 0. The van der Waals surface area contributed by atoms with Crippen molar-refractivity contribution in [3.05, 3.63) is 0 Å². The highest BCUT2D eigenvalue weighted by atomic mass is 32.1. The molecule has 1 aliphatic rings. The van der Waals surface area contributed by atoms with Crippen LogP contribution in [0, 0.1) is 11.8 Å². The lowest BCUT2D eigenvalue weighted by molar-refractivity contribution is 0.275. The lowest BCUT2D eigenvalue weighted by atomic mass is 9.80. The van der Waals surface area contributed by atoms with Gasteiger partial charge in [0, 0.05) is 5.75 Å². The molecule has 1 radical (unpaired) electrons. The first-order valence-electron chi connectivity index (χ1n) is 5.95. The van der Waals surface area contributed by atoms with Gasteiger partial charge in [-0.15, -0.1) is 0 Å². The van der Waals surface area contributed by atoms with E-state index >= 15 is 0 Å². The fourth-order valence-electron chi connectivity index (χ4n) is 2.37. The van der Waals surface area contributed by atoms with Gasteiger partial charge in [-0.25, -0.2) is 0 Å². The minimum Gasteiger partial charge on any atom is -0.0939 e. The van der Waals surface area contributed by atoms with Crippen LogP contribution in [0.15, 0.2) is 0 Å². The quantitative estimate of drug-likeness (QED) is 0.569. The van der Waals surface area contributed by atoms with Crippen molar-refractivity contribution in [3.8, 4) is 0 Å². The summed E-state index contributed by atoms with van der Waals surface area (Å²) in [6, 6.07) is 0. The Morgan fingerprint density at radius 3 is 2.15 bits per heavy atom. The number of hydrogen-bond acceptors (Lipinski definition) is 0. The summed E-state index contributed by atoms with van der Waals surface area (Å²) in [4.78, 5) is 0. The van der Waals surface area contributed by atoms with Gasteiger partial charge in [0.15, 0.2) is 0 Å². The molecule has 0 aromatic heterocycles. The van der Waals surface area contributed by atoms with Crippen molar-refractivity contribution in [3.63, 3.8) is 0 Å². The van der Waals surface area contributed by atoms with Crippen LogP contribution in [0.1, 0.15) is 58.3 Å². The van der Waals surface area contributed by atoms with Crippen LogP contribution in [0.25, 0.3) is 0 Å². The number of hydrogen-bond donors (Lipinski definition) is 0. The topological polar surface area (TPSA) is 0 Å². The van der Waals surface area contributed by atoms with Crippen molar-refractivity contribution in [1.82, 2.24) is 0 Å². The first-order chi connectivity index (χ1) is 6.36. The molecule has 0 atom stereocenters. The van der Waals surface area contributed by atoms with Crippen LogP contribution in [-0.2, 0) is 0 Å². The predicted octanol–water partition coefficient (Wildman–Crippen LogP) is 4.57. The van der Waals surface area contributed by atoms with Gasteiger partial charge < -0.3 is 0 Å². The van der Waals surface area contributed by atoms with Crippen molar-refractivity contribution >= 4 is 12.6 Å². The monoisotopic (exact) mass is 199 g/mol. The zero-order valence-corrected chi connectivity index (χ0v) is 9.74. The highest BCUT2D eigenvalue weighted by molar-refractivity contribution is 7.80. The highest BCUT2D eigenvalue weighted by Crippen LogP contribution is 2.32. The van der Waals surface area contributed by atoms with Crippen molar-refractivity contribution in [1.29, 1.82) is 0 Å². The lowest BCUT2D eigenvalue weighted by Gasteiger charge is -2.27. The van der Waals surface area contributed by atoms with E-state index in [1.165, 1.54) is 51.4 Å². The smallest absolute Gasteiger partial charge is 0.00653 e. The maximum Gasteiger partial charge on any atom is 0.00653 e. The molecular weight excluding hydrogens is 176 g/mol. The summed E-state index contributed by atoms with van der Waals surface area (Å²) >= 11 is 5.12. The summed E-state index contributed by atoms with van der Waals surface area (Å²) in [6.45, 7) is 2.29. The zero-order valence-electron chi connectivity index (χ0n) is 8.93. The van der Waals surface area contributed by atoms with E-state index in [0.29, 0.717) is 0 Å². The summed E-state index contributed by atoms with van der Waals surface area (Å²) in [5.41, 5.74) is 0. The molecule has 1 rings (SSSR count). The molecule has 0 spiro atoms. The second kappa shape index (κ2) is 6.75. The van der Waals surface area contributed by atoms with Crippen molar-refractivity contribution in [2.75, 3.05) is 5.75 Å². The molecule has 0 aliphatic heterocycles. The van der Waals surface area contributed by atoms with Crippen molar-refractivity contribution in [2.24, 2.45) is 11.8 Å². The Morgan fingerprint density at radius 2 is 1.62 bits per heavy atom. The van der Waals surface area contributed by atoms with Gasteiger partial charge in [0.25, 0.3) is 0 Å². The van der Waals surface area contributed by atoms with E-state index in [4.69, 9.17) is 12.6 Å². The van der Waals surface area contributed by atoms with Crippen molar-refractivity contribution in [2.45, 2.75) is 58.3 Å². The van der Waals surface area contributed by atoms with E-state index in [2.05, 4.69) is 6.92 Å². The number of unbranched alkanes of at least 4 members (excludes halogenated alkanes) is 2. The second-order valence-electron chi connectivity index (χ2n) is 4.55. The van der Waals surface area contributed by atoms with Crippen LogP contribution in [0.2, 0.25) is 0 Å². The molecule has 0 heterocycles. The number of rotatable bonds is 5. The van der Waals surface area contributed by atoms with Crippen molar-refractivity contribution < 1.29 is 0 Å². The molecule has 0 aromatic rings. The van der Waals surface area contributed by atoms with Gasteiger partial charge in [-0.2, -0.15) is 0 Å². The highest BCUT2D eigenvalue weighted by Gasteiger charge is 2.19. The Bertz CT molecular complexity index is 112. The minimum atomic E-state index is 0.887. The Labute approximate surface area is 88.9 Å².